The van der Waals surface area contributed by atoms with E-state index in [-0.39, 0.29) is 5.91 Å². The van der Waals surface area contributed by atoms with Crippen LogP contribution in [-0.4, -0.2) is 10.9 Å². The minimum Gasteiger partial charge on any atom is -0.355 e. The predicted molar refractivity (Wildman–Crippen MR) is 97.8 cm³/mol. The van der Waals surface area contributed by atoms with Gasteiger partial charge < -0.3 is 10.6 Å². The second-order valence-electron chi connectivity index (χ2n) is 5.51. The molecule has 0 saturated carbocycles. The zero-order chi connectivity index (χ0) is 17.6. The molecule has 0 fully saturated rings. The predicted octanol–water partition coefficient (Wildman–Crippen LogP) is 4.26. The molecule has 0 aliphatic rings. The normalized spacial score (nSPS) is 9.92. The van der Waals surface area contributed by atoms with Crippen LogP contribution in [0.25, 0.3) is 0 Å². The van der Waals surface area contributed by atoms with Crippen molar-refractivity contribution in [3.63, 3.8) is 0 Å². The minimum absolute atomic E-state index is 0.307. The molecule has 0 spiro atoms. The highest BCUT2D eigenvalue weighted by Gasteiger charge is 2.09. The third-order valence-corrected chi connectivity index (χ3v) is 3.69. The standard InChI is InChI=1S/C20H16N4O/c1-14-4-2-3-5-18(14)23-17-10-11-22-19(12-17)20(25)24-16-8-6-15(13-21)7-9-16/h2-12H,1H3,(H,22,23)(H,24,25). The number of nitrogens with one attached hydrogen (secondary N) is 2. The Balaban J connectivity index is 1.75. The molecule has 0 aliphatic carbocycles. The summed E-state index contributed by atoms with van der Waals surface area (Å²) < 4.78 is 0. The Bertz CT molecular complexity index is 942. The number of para-hydroxylation sites is 1. The fourth-order valence-electron chi connectivity index (χ4n) is 2.32. The van der Waals surface area contributed by atoms with Gasteiger partial charge in [0.15, 0.2) is 0 Å². The van der Waals surface area contributed by atoms with Crippen LogP contribution < -0.4 is 10.6 Å². The van der Waals surface area contributed by atoms with Crippen LogP contribution >= 0.6 is 0 Å². The van der Waals surface area contributed by atoms with Crippen LogP contribution in [0, 0.1) is 18.3 Å². The van der Waals surface area contributed by atoms with E-state index < -0.39 is 0 Å². The van der Waals surface area contributed by atoms with Crippen molar-refractivity contribution in [1.29, 1.82) is 5.26 Å². The number of pyridine rings is 1. The summed E-state index contributed by atoms with van der Waals surface area (Å²) in [5.74, 6) is -0.307. The first kappa shape index (κ1) is 16.2. The summed E-state index contributed by atoms with van der Waals surface area (Å²) in [6, 6.07) is 20.2. The fourth-order valence-corrected chi connectivity index (χ4v) is 2.32. The number of carbonyl (C=O) groups is 1. The third-order valence-electron chi connectivity index (χ3n) is 3.69. The molecule has 2 N–H and O–H groups in total. The molecule has 3 rings (SSSR count). The number of benzene rings is 2. The Hall–Kier alpha value is -3.65. The number of anilines is 3. The number of hydrogen-bond donors (Lipinski definition) is 2. The lowest BCUT2D eigenvalue weighted by Gasteiger charge is -2.10. The Kier molecular flexibility index (Phi) is 4.72. The van der Waals surface area contributed by atoms with Crippen LogP contribution in [0.5, 0.6) is 0 Å². The highest BCUT2D eigenvalue weighted by molar-refractivity contribution is 6.03. The van der Waals surface area contributed by atoms with Gasteiger partial charge in [0.1, 0.15) is 5.69 Å². The molecular formula is C20H16N4O. The number of hydrogen-bond acceptors (Lipinski definition) is 4. The van der Waals surface area contributed by atoms with E-state index in [0.717, 1.165) is 16.9 Å². The molecule has 25 heavy (non-hydrogen) atoms. The quantitative estimate of drug-likeness (QED) is 0.750. The monoisotopic (exact) mass is 328 g/mol. The summed E-state index contributed by atoms with van der Waals surface area (Å²) in [7, 11) is 0. The number of carbonyl (C=O) groups excluding carboxylic acids is 1. The first-order chi connectivity index (χ1) is 12.2. The average Bonchev–Trinajstić information content (AvgIpc) is 2.64. The summed E-state index contributed by atoms with van der Waals surface area (Å²) >= 11 is 0. The molecule has 3 aromatic rings. The highest BCUT2D eigenvalue weighted by Crippen LogP contribution is 2.20. The molecule has 1 aromatic heterocycles. The lowest BCUT2D eigenvalue weighted by Crippen LogP contribution is -2.13. The maximum Gasteiger partial charge on any atom is 0.274 e. The van der Waals surface area contributed by atoms with Gasteiger partial charge in [0, 0.05) is 23.3 Å². The van der Waals surface area contributed by atoms with E-state index >= 15 is 0 Å². The first-order valence-electron chi connectivity index (χ1n) is 7.76. The van der Waals surface area contributed by atoms with Crippen molar-refractivity contribution in [2.75, 3.05) is 10.6 Å². The van der Waals surface area contributed by atoms with Crippen molar-refractivity contribution in [2.24, 2.45) is 0 Å². The molecule has 0 aliphatic heterocycles. The van der Waals surface area contributed by atoms with Crippen LogP contribution in [0.3, 0.4) is 0 Å². The zero-order valence-electron chi connectivity index (χ0n) is 13.7. The van der Waals surface area contributed by atoms with E-state index in [4.69, 9.17) is 5.26 Å². The van der Waals surface area contributed by atoms with Gasteiger partial charge >= 0.3 is 0 Å². The third kappa shape index (κ3) is 4.01. The first-order valence-corrected chi connectivity index (χ1v) is 7.76. The van der Waals surface area contributed by atoms with Gasteiger partial charge in [-0.15, -0.1) is 0 Å². The molecule has 1 heterocycles. The maximum atomic E-state index is 12.4. The van der Waals surface area contributed by atoms with Gasteiger partial charge in [-0.1, -0.05) is 18.2 Å². The summed E-state index contributed by atoms with van der Waals surface area (Å²) in [4.78, 5) is 16.5. The lowest BCUT2D eigenvalue weighted by molar-refractivity contribution is 0.102. The average molecular weight is 328 g/mol. The lowest BCUT2D eigenvalue weighted by atomic mass is 10.2. The second-order valence-corrected chi connectivity index (χ2v) is 5.51. The minimum atomic E-state index is -0.307. The number of rotatable bonds is 4. The summed E-state index contributed by atoms with van der Waals surface area (Å²) in [5.41, 5.74) is 4.34. The van der Waals surface area contributed by atoms with E-state index in [2.05, 4.69) is 15.6 Å². The summed E-state index contributed by atoms with van der Waals surface area (Å²) in [5, 5.41) is 14.9. The molecule has 2 aromatic carbocycles. The number of aromatic nitrogens is 1. The molecule has 0 saturated heterocycles. The maximum absolute atomic E-state index is 12.4. The number of nitriles is 1. The molecule has 0 unspecified atom stereocenters. The Labute approximate surface area is 146 Å². The summed E-state index contributed by atoms with van der Waals surface area (Å²) in [6.07, 6.45) is 1.59. The van der Waals surface area contributed by atoms with Crippen molar-refractivity contribution >= 4 is 23.0 Å². The Morgan fingerprint density at radius 2 is 1.80 bits per heavy atom. The number of amides is 1. The molecule has 0 atom stereocenters. The second kappa shape index (κ2) is 7.28. The highest BCUT2D eigenvalue weighted by atomic mass is 16.1. The van der Waals surface area contributed by atoms with Gasteiger partial charge in [0.2, 0.25) is 0 Å². The van der Waals surface area contributed by atoms with E-state index in [0.29, 0.717) is 16.9 Å². The topological polar surface area (TPSA) is 77.8 Å². The molecule has 5 nitrogen and oxygen atoms in total. The smallest absolute Gasteiger partial charge is 0.274 e. The molecule has 1 amide bonds. The van der Waals surface area contributed by atoms with Crippen LogP contribution in [0.15, 0.2) is 66.9 Å². The summed E-state index contributed by atoms with van der Waals surface area (Å²) in [6.45, 7) is 2.02. The Morgan fingerprint density at radius 1 is 1.04 bits per heavy atom. The molecular weight excluding hydrogens is 312 g/mol. The fraction of sp³-hybridized carbons (Fsp3) is 0.0500. The van der Waals surface area contributed by atoms with Gasteiger partial charge in [0.25, 0.3) is 5.91 Å². The van der Waals surface area contributed by atoms with Crippen molar-refractivity contribution in [1.82, 2.24) is 4.98 Å². The SMILES string of the molecule is Cc1ccccc1Nc1ccnc(C(=O)Nc2ccc(C#N)cc2)c1. The van der Waals surface area contributed by atoms with Gasteiger partial charge in [-0.2, -0.15) is 5.26 Å². The molecule has 0 bridgehead atoms. The van der Waals surface area contributed by atoms with Crippen molar-refractivity contribution < 1.29 is 4.79 Å². The Morgan fingerprint density at radius 3 is 2.52 bits per heavy atom. The largest absolute Gasteiger partial charge is 0.355 e. The van der Waals surface area contributed by atoms with Crippen molar-refractivity contribution in [3.05, 3.63) is 83.7 Å². The van der Waals surface area contributed by atoms with Gasteiger partial charge in [-0.25, -0.2) is 0 Å². The molecule has 5 heteroatoms. The van der Waals surface area contributed by atoms with E-state index in [9.17, 15) is 4.79 Å². The number of nitrogens with zero attached hydrogens (tertiary/aromatic N) is 2. The van der Waals surface area contributed by atoms with Crippen molar-refractivity contribution in [3.8, 4) is 6.07 Å². The van der Waals surface area contributed by atoms with E-state index in [1.165, 1.54) is 0 Å². The van der Waals surface area contributed by atoms with Gasteiger partial charge in [-0.05, 0) is 55.0 Å². The van der Waals surface area contributed by atoms with Gasteiger partial charge in [-0.3, -0.25) is 9.78 Å². The molecule has 0 radical (unpaired) electrons. The van der Waals surface area contributed by atoms with Crippen molar-refractivity contribution in [2.45, 2.75) is 6.92 Å². The number of aryl methyl sites for hydroxylation is 1. The van der Waals surface area contributed by atoms with Crippen LogP contribution in [0.2, 0.25) is 0 Å². The van der Waals surface area contributed by atoms with E-state index in [1.807, 2.05) is 43.3 Å². The van der Waals surface area contributed by atoms with Crippen LogP contribution in [0.4, 0.5) is 17.1 Å². The van der Waals surface area contributed by atoms with Crippen LogP contribution in [-0.2, 0) is 0 Å². The van der Waals surface area contributed by atoms with Crippen LogP contribution in [0.1, 0.15) is 21.6 Å². The zero-order valence-corrected chi connectivity index (χ0v) is 13.7. The molecule has 122 valence electrons. The van der Waals surface area contributed by atoms with Gasteiger partial charge in [0.05, 0.1) is 11.6 Å². The van der Waals surface area contributed by atoms with E-state index in [1.54, 1.807) is 36.5 Å².